The van der Waals surface area contributed by atoms with Crippen molar-refractivity contribution in [2.45, 2.75) is 6.54 Å². The van der Waals surface area contributed by atoms with E-state index in [1.807, 2.05) is 24.3 Å². The van der Waals surface area contributed by atoms with Crippen LogP contribution in [-0.4, -0.2) is 27.2 Å². The van der Waals surface area contributed by atoms with Crippen molar-refractivity contribution in [3.8, 4) is 28.4 Å². The van der Waals surface area contributed by atoms with Crippen molar-refractivity contribution in [1.82, 2.24) is 15.0 Å². The molecular weight excluding hydrogens is 280 g/mol. The molecule has 0 bridgehead atoms. The van der Waals surface area contributed by atoms with E-state index in [2.05, 4.69) is 10.3 Å². The summed E-state index contributed by atoms with van der Waals surface area (Å²) >= 11 is 0. The molecule has 1 aromatic heterocycles. The quantitative estimate of drug-likeness (QED) is 0.770. The second-order valence-electron chi connectivity index (χ2n) is 4.72. The van der Waals surface area contributed by atoms with Crippen LogP contribution in [0.4, 0.5) is 0 Å². The Kier molecular flexibility index (Phi) is 3.76. The number of methoxy groups -OCH3 is 1. The van der Waals surface area contributed by atoms with Crippen LogP contribution in [0.1, 0.15) is 5.69 Å². The van der Waals surface area contributed by atoms with Gasteiger partial charge < -0.3 is 15.6 Å². The highest BCUT2D eigenvalue weighted by Gasteiger charge is 2.18. The maximum absolute atomic E-state index is 9.44. The summed E-state index contributed by atoms with van der Waals surface area (Å²) in [4.78, 5) is 0. The summed E-state index contributed by atoms with van der Waals surface area (Å²) in [5.74, 6) is 0.918. The zero-order valence-corrected chi connectivity index (χ0v) is 12.1. The van der Waals surface area contributed by atoms with E-state index in [9.17, 15) is 5.11 Å². The average Bonchev–Trinajstić information content (AvgIpc) is 2.99. The maximum atomic E-state index is 9.44. The number of hydrogen-bond acceptors (Lipinski definition) is 5. The first-order valence-corrected chi connectivity index (χ1v) is 6.82. The van der Waals surface area contributed by atoms with E-state index in [4.69, 9.17) is 10.5 Å². The Morgan fingerprint density at radius 2 is 1.86 bits per heavy atom. The second-order valence-corrected chi connectivity index (χ2v) is 4.72. The van der Waals surface area contributed by atoms with E-state index in [1.165, 1.54) is 0 Å². The van der Waals surface area contributed by atoms with Gasteiger partial charge in [0.15, 0.2) is 0 Å². The predicted octanol–water partition coefficient (Wildman–Crippen LogP) is 2.11. The van der Waals surface area contributed by atoms with E-state index >= 15 is 0 Å². The normalized spacial score (nSPS) is 10.6. The number of aromatic nitrogens is 3. The first-order chi connectivity index (χ1) is 10.7. The largest absolute Gasteiger partial charge is 0.508 e. The molecule has 3 rings (SSSR count). The molecule has 0 unspecified atom stereocenters. The van der Waals surface area contributed by atoms with Crippen LogP contribution in [0.2, 0.25) is 0 Å². The number of hydrogen-bond donors (Lipinski definition) is 2. The molecule has 6 heteroatoms. The molecule has 0 aliphatic carbocycles. The van der Waals surface area contributed by atoms with Crippen molar-refractivity contribution in [2.24, 2.45) is 5.73 Å². The first kappa shape index (κ1) is 14.1. The van der Waals surface area contributed by atoms with E-state index in [0.29, 0.717) is 5.69 Å². The van der Waals surface area contributed by atoms with Gasteiger partial charge >= 0.3 is 0 Å². The number of phenolic OH excluding ortho intramolecular Hbond substituents is 1. The van der Waals surface area contributed by atoms with Gasteiger partial charge in [0.25, 0.3) is 0 Å². The fourth-order valence-corrected chi connectivity index (χ4v) is 2.33. The third kappa shape index (κ3) is 2.40. The molecule has 6 nitrogen and oxygen atoms in total. The van der Waals surface area contributed by atoms with Gasteiger partial charge in [-0.2, -0.15) is 0 Å². The fourth-order valence-electron chi connectivity index (χ4n) is 2.33. The van der Waals surface area contributed by atoms with Crippen LogP contribution in [0, 0.1) is 0 Å². The number of aromatic hydroxyl groups is 1. The Hall–Kier alpha value is -2.86. The molecule has 112 valence electrons. The second kappa shape index (κ2) is 5.87. The van der Waals surface area contributed by atoms with E-state index < -0.39 is 0 Å². The van der Waals surface area contributed by atoms with Crippen molar-refractivity contribution >= 4 is 0 Å². The van der Waals surface area contributed by atoms with Crippen LogP contribution < -0.4 is 10.5 Å². The van der Waals surface area contributed by atoms with Gasteiger partial charge in [-0.25, -0.2) is 4.68 Å². The predicted molar refractivity (Wildman–Crippen MR) is 82.9 cm³/mol. The minimum Gasteiger partial charge on any atom is -0.508 e. The minimum atomic E-state index is 0.196. The molecule has 1 heterocycles. The molecule has 22 heavy (non-hydrogen) atoms. The van der Waals surface area contributed by atoms with E-state index in [1.54, 1.807) is 36.1 Å². The number of nitrogens with two attached hydrogens (primary N) is 1. The van der Waals surface area contributed by atoms with E-state index in [-0.39, 0.29) is 12.3 Å². The fraction of sp³-hybridized carbons (Fsp3) is 0.125. The van der Waals surface area contributed by atoms with Crippen LogP contribution in [0.5, 0.6) is 11.5 Å². The van der Waals surface area contributed by atoms with E-state index in [0.717, 1.165) is 22.7 Å². The summed E-state index contributed by atoms with van der Waals surface area (Å²) in [6.45, 7) is 0.269. The summed E-state index contributed by atoms with van der Waals surface area (Å²) in [5, 5.41) is 17.8. The maximum Gasteiger partial charge on any atom is 0.128 e. The number of benzene rings is 2. The monoisotopic (exact) mass is 296 g/mol. The highest BCUT2D eigenvalue weighted by molar-refractivity contribution is 5.71. The molecule has 0 amide bonds. The molecule has 3 aromatic rings. The summed E-state index contributed by atoms with van der Waals surface area (Å²) < 4.78 is 7.12. The molecule has 0 aliphatic rings. The van der Waals surface area contributed by atoms with Crippen LogP contribution in [0.25, 0.3) is 16.9 Å². The Bertz CT molecular complexity index is 781. The summed E-state index contributed by atoms with van der Waals surface area (Å²) in [5.41, 5.74) is 8.91. The average molecular weight is 296 g/mol. The van der Waals surface area contributed by atoms with Crippen molar-refractivity contribution in [1.29, 1.82) is 0 Å². The first-order valence-electron chi connectivity index (χ1n) is 6.82. The number of nitrogens with zero attached hydrogens (tertiary/aromatic N) is 3. The molecular formula is C16H16N4O2. The van der Waals surface area contributed by atoms with Gasteiger partial charge in [-0.1, -0.05) is 17.3 Å². The van der Waals surface area contributed by atoms with Crippen molar-refractivity contribution < 1.29 is 9.84 Å². The van der Waals surface area contributed by atoms with Crippen molar-refractivity contribution in [3.05, 3.63) is 54.2 Å². The van der Waals surface area contributed by atoms with Crippen molar-refractivity contribution in [2.75, 3.05) is 7.11 Å². The Morgan fingerprint density at radius 3 is 2.55 bits per heavy atom. The van der Waals surface area contributed by atoms with Gasteiger partial charge in [0.1, 0.15) is 22.9 Å². The lowest BCUT2D eigenvalue weighted by molar-refractivity contribution is 0.416. The molecule has 0 aliphatic heterocycles. The molecule has 3 N–H and O–H groups in total. The number of phenols is 1. The van der Waals surface area contributed by atoms with Crippen LogP contribution in [0.15, 0.2) is 48.5 Å². The molecule has 0 saturated heterocycles. The number of rotatable bonds is 4. The summed E-state index contributed by atoms with van der Waals surface area (Å²) in [6, 6.07) is 14.4. The number of ether oxygens (including phenoxy) is 1. The lowest BCUT2D eigenvalue weighted by atomic mass is 10.1. The Morgan fingerprint density at radius 1 is 1.14 bits per heavy atom. The lowest BCUT2D eigenvalue weighted by Crippen LogP contribution is -2.03. The number of para-hydroxylation sites is 1. The van der Waals surface area contributed by atoms with Crippen LogP contribution in [0.3, 0.4) is 0 Å². The van der Waals surface area contributed by atoms with Gasteiger partial charge in [0, 0.05) is 12.1 Å². The molecule has 0 fully saturated rings. The van der Waals surface area contributed by atoms with Gasteiger partial charge in [-0.15, -0.1) is 5.10 Å². The molecule has 0 atom stereocenters. The summed E-state index contributed by atoms with van der Waals surface area (Å²) in [6.07, 6.45) is 0. The Labute approximate surface area is 127 Å². The van der Waals surface area contributed by atoms with Gasteiger partial charge in [0.05, 0.1) is 12.8 Å². The van der Waals surface area contributed by atoms with Gasteiger partial charge in [-0.3, -0.25) is 0 Å². The minimum absolute atomic E-state index is 0.196. The highest BCUT2D eigenvalue weighted by Crippen LogP contribution is 2.32. The van der Waals surface area contributed by atoms with Gasteiger partial charge in [0.2, 0.25) is 0 Å². The third-order valence-electron chi connectivity index (χ3n) is 3.39. The smallest absolute Gasteiger partial charge is 0.128 e. The third-order valence-corrected chi connectivity index (χ3v) is 3.39. The zero-order chi connectivity index (χ0) is 15.5. The lowest BCUT2D eigenvalue weighted by Gasteiger charge is -2.11. The Balaban J connectivity index is 2.22. The molecule has 2 aromatic carbocycles. The zero-order valence-electron chi connectivity index (χ0n) is 12.1. The van der Waals surface area contributed by atoms with Crippen molar-refractivity contribution in [3.63, 3.8) is 0 Å². The SMILES string of the molecule is COc1ccccc1-c1c(CN)nnn1-c1ccc(O)cc1. The van der Waals surface area contributed by atoms with Crippen LogP contribution >= 0.6 is 0 Å². The van der Waals surface area contributed by atoms with Crippen LogP contribution in [-0.2, 0) is 6.54 Å². The topological polar surface area (TPSA) is 86.2 Å². The standard InChI is InChI=1S/C16H16N4O2/c1-22-15-5-3-2-4-13(15)16-14(10-17)18-19-20(16)11-6-8-12(21)9-7-11/h2-9,21H,10,17H2,1H3. The highest BCUT2D eigenvalue weighted by atomic mass is 16.5. The molecule has 0 radical (unpaired) electrons. The van der Waals surface area contributed by atoms with Gasteiger partial charge in [-0.05, 0) is 36.4 Å². The molecule has 0 saturated carbocycles. The summed E-state index contributed by atoms with van der Waals surface area (Å²) in [7, 11) is 1.62. The molecule has 0 spiro atoms.